The van der Waals surface area contributed by atoms with Crippen LogP contribution >= 0.6 is 68.0 Å². The zero-order valence-corrected chi connectivity index (χ0v) is 66.6. The number of thiophene rings is 6. The molecule has 0 radical (unpaired) electrons. The van der Waals surface area contributed by atoms with Gasteiger partial charge in [-0.1, -0.05) is 140 Å². The number of nitrogens with zero attached hydrogens (tertiary/aromatic N) is 3. The summed E-state index contributed by atoms with van der Waals surface area (Å²) in [6.45, 7) is 1.04. The van der Waals surface area contributed by atoms with Gasteiger partial charge in [-0.3, -0.25) is 4.90 Å². The highest BCUT2D eigenvalue weighted by Gasteiger charge is 2.53. The molecule has 2 N–H and O–H groups in total. The van der Waals surface area contributed by atoms with Gasteiger partial charge in [0.05, 0.1) is 28.8 Å². The van der Waals surface area contributed by atoms with Crippen molar-refractivity contribution in [3.05, 3.63) is 292 Å². The summed E-state index contributed by atoms with van der Waals surface area (Å²) in [4.78, 5) is 37.4. The van der Waals surface area contributed by atoms with E-state index in [0.29, 0.717) is 23.7 Å². The van der Waals surface area contributed by atoms with Crippen molar-refractivity contribution in [3.8, 4) is 92.6 Å². The van der Waals surface area contributed by atoms with Gasteiger partial charge >= 0.3 is 0 Å². The highest BCUT2D eigenvalue weighted by atomic mass is 32.1. The van der Waals surface area contributed by atoms with Gasteiger partial charge in [-0.25, -0.2) is 9.97 Å². The van der Waals surface area contributed by atoms with Crippen molar-refractivity contribution in [1.82, 2.24) is 24.8 Å². The molecule has 15 aromatic carbocycles. The van der Waals surface area contributed by atoms with Crippen molar-refractivity contribution >= 4 is 239 Å². The minimum Gasteiger partial charge on any atom is -0.354 e. The van der Waals surface area contributed by atoms with Crippen LogP contribution in [0.3, 0.4) is 0 Å². The van der Waals surface area contributed by atoms with Gasteiger partial charge in [-0.15, -0.1) is 68.0 Å². The molecule has 5 unspecified atom stereocenters. The molecule has 11 heteroatoms. The number of H-pyrrole nitrogens is 2. The topological polar surface area (TPSA) is 60.6 Å². The number of aromatic amines is 2. The minimum absolute atomic E-state index is 0.249. The van der Waals surface area contributed by atoms with E-state index in [1.54, 1.807) is 119 Å². The monoisotopic (exact) mass is 1580 g/mol. The molecule has 8 bridgehead atoms. The lowest BCUT2D eigenvalue weighted by molar-refractivity contribution is 0.309. The van der Waals surface area contributed by atoms with Gasteiger partial charge in [0.25, 0.3) is 0 Å². The zero-order valence-electron chi connectivity index (χ0n) is 61.7. The molecule has 1 fully saturated rings. The van der Waals surface area contributed by atoms with Crippen molar-refractivity contribution in [2.75, 3.05) is 13.6 Å². The molecule has 31 rings (SSSR count). The van der Waals surface area contributed by atoms with Crippen molar-refractivity contribution in [2.45, 2.75) is 29.7 Å². The van der Waals surface area contributed by atoms with E-state index in [2.05, 4.69) is 283 Å². The number of allylic oxidation sites excluding steroid dienone is 1. The maximum atomic E-state index is 5.62. The molecule has 24 aromatic rings. The fraction of sp³-hybridized carbons (Fsp3) is 0.0667. The quantitative estimate of drug-likeness (QED) is 0.134. The predicted molar refractivity (Wildman–Crippen MR) is 498 cm³/mol. The predicted octanol–water partition coefficient (Wildman–Crippen LogP) is 30.7. The Morgan fingerprint density at radius 3 is 1.22 bits per heavy atom. The van der Waals surface area contributed by atoms with E-state index in [1.165, 1.54) is 86.1 Å². The normalized spacial score (nSPS) is 18.0. The van der Waals surface area contributed by atoms with E-state index in [1.807, 2.05) is 68.0 Å². The Balaban J connectivity index is 0.475. The lowest BCUT2D eigenvalue weighted by Crippen LogP contribution is -2.19. The standard InChI is InChI=1S/C105H55N5S6/c1-110-45-57-81-55-23-21-53-51-19-17-49-50-18-20-52-54-22-24-56-89-87(54)96-85(52)83(50)94-82(49)84(51)95-86(53)88(55)97-93(81)99(98(89)104-102(96)100(94)101(95)103(97)104)90(56)91(57)105(110)77-44-42-75(116-77)73-40-38-71(114-73)69-36-34-67(112-69)66-33-35-68(111-66)70-37-39-72(113-70)74-41-43-76(115-74)92-64-31-29-62(108-64)79(47-13-7-3-8-14-47)60-27-25-58(106-60)78(46-11-5-2-6-12-46)59-26-28-61(107-59)80(48-15-9-4-10-16-48)63-30-32-65(92)109-63/h2-44,50,57,83,91,105-106,109H,45H2,1H3. The van der Waals surface area contributed by atoms with Crippen LogP contribution in [0.5, 0.6) is 0 Å². The number of fused-ring (bicyclic) bond motifs is 16. The van der Waals surface area contributed by atoms with Gasteiger partial charge in [0.1, 0.15) is 0 Å². The summed E-state index contributed by atoms with van der Waals surface area (Å²) >= 11 is 11.5. The van der Waals surface area contributed by atoms with Gasteiger partial charge in [-0.2, -0.15) is 0 Å². The molecule has 9 aromatic heterocycles. The molecule has 0 saturated carbocycles. The van der Waals surface area contributed by atoms with Crippen LogP contribution in [0.1, 0.15) is 90.7 Å². The van der Waals surface area contributed by atoms with Gasteiger partial charge in [0, 0.05) is 133 Å². The van der Waals surface area contributed by atoms with Crippen LogP contribution in [-0.2, 0) is 0 Å². The molecule has 4 aliphatic carbocycles. The largest absolute Gasteiger partial charge is 0.354 e. The lowest BCUT2D eigenvalue weighted by Gasteiger charge is -2.30. The average molecular weight is 1580 g/mol. The second-order valence-electron chi connectivity index (χ2n) is 33.5. The molecular weight excluding hydrogens is 1520 g/mol. The third-order valence-corrected chi connectivity index (χ3v) is 35.9. The van der Waals surface area contributed by atoms with Crippen molar-refractivity contribution < 1.29 is 0 Å². The number of hydrogen-bond acceptors (Lipinski definition) is 9. The third kappa shape index (κ3) is 7.24. The van der Waals surface area contributed by atoms with Gasteiger partial charge in [0.15, 0.2) is 0 Å². The van der Waals surface area contributed by atoms with E-state index < -0.39 is 0 Å². The lowest BCUT2D eigenvalue weighted by atomic mass is 9.73. The molecule has 5 nitrogen and oxygen atoms in total. The number of likely N-dealkylation sites (tertiary alicyclic amines) is 1. The minimum atomic E-state index is 0.249. The molecule has 1 saturated heterocycles. The molecule has 0 spiro atoms. The van der Waals surface area contributed by atoms with Crippen molar-refractivity contribution in [2.24, 2.45) is 0 Å². The van der Waals surface area contributed by atoms with E-state index in [-0.39, 0.29) is 6.04 Å². The molecule has 3 aliphatic heterocycles. The first-order valence-corrected chi connectivity index (χ1v) is 45.2. The Hall–Kier alpha value is -12.3. The fourth-order valence-electron chi connectivity index (χ4n) is 24.2. The van der Waals surface area contributed by atoms with Gasteiger partial charge in [-0.05, 0) is 297 Å². The van der Waals surface area contributed by atoms with Gasteiger partial charge < -0.3 is 9.97 Å². The van der Waals surface area contributed by atoms with Crippen molar-refractivity contribution in [1.29, 1.82) is 0 Å². The Morgan fingerprint density at radius 1 is 0.302 bits per heavy atom. The maximum Gasteiger partial charge on any atom is 0.0745 e. The Labute approximate surface area is 685 Å². The Bertz CT molecular complexity index is 8760. The number of likely N-dealkylation sites (N-methyl/N-ethyl adjacent to an activating group) is 1. The summed E-state index contributed by atoms with van der Waals surface area (Å²) in [7, 11) is 2.45. The van der Waals surface area contributed by atoms with E-state index in [9.17, 15) is 0 Å². The molecule has 7 aliphatic rings. The van der Waals surface area contributed by atoms with E-state index in [0.717, 1.165) is 95.2 Å². The first-order chi connectivity index (χ1) is 57.4. The Kier molecular flexibility index (Phi) is 11.1. The van der Waals surface area contributed by atoms with Crippen LogP contribution in [0.15, 0.2) is 231 Å². The molecule has 536 valence electrons. The fourth-order valence-corrected chi connectivity index (χ4v) is 31.0. The number of rotatable bonds is 10. The summed E-state index contributed by atoms with van der Waals surface area (Å²) in [5.41, 5.74) is 24.6. The van der Waals surface area contributed by atoms with Crippen molar-refractivity contribution in [3.63, 3.8) is 0 Å². The molecule has 116 heavy (non-hydrogen) atoms. The van der Waals surface area contributed by atoms with Crippen LogP contribution in [0.4, 0.5) is 0 Å². The maximum absolute atomic E-state index is 5.62. The smallest absolute Gasteiger partial charge is 0.0745 e. The highest BCUT2D eigenvalue weighted by Crippen LogP contribution is 2.74. The number of nitrogens with one attached hydrogen (secondary N) is 2. The first-order valence-electron chi connectivity index (χ1n) is 40.3. The SMILES string of the molecule is CN1CC2c3c4ccc5c6ccc7c8c9c%10c%11c%12c%13c(c%14ccc%15c(c%16c3c3c4c5c(c86)c%10c3c%11c%16c%15c%14%12)C2C1c1ccc(-c2ccc(-c3ccc(-c4ccc(-c5ccc(-c6ccc(-c8c%10nc(c(-c%11ccccc%11)c%11ccc([nH]%11)c(-c%11ccccc%11)c%11nc(c(-c%12ccccc%12)c%12ccc8[nH]%12)C=C%11)C=C%10)s6)s5)s4)s3)s2)s1)C=CC7C%139. The average Bonchev–Trinajstić information content (AvgIpc) is 1.43. The Morgan fingerprint density at radius 2 is 0.672 bits per heavy atom. The summed E-state index contributed by atoms with van der Waals surface area (Å²) in [6.07, 6.45) is 13.9. The molecule has 0 amide bonds. The second kappa shape index (κ2) is 21.1. The molecule has 12 heterocycles. The highest BCUT2D eigenvalue weighted by molar-refractivity contribution is 7.30. The van der Waals surface area contributed by atoms with Crippen LogP contribution in [0.25, 0.3) is 264 Å². The summed E-state index contributed by atoms with van der Waals surface area (Å²) in [6, 6.07) is 84.8. The summed E-state index contributed by atoms with van der Waals surface area (Å²) in [5, 5.41) is 34.6. The van der Waals surface area contributed by atoms with Crippen LogP contribution in [0.2, 0.25) is 0 Å². The van der Waals surface area contributed by atoms with Gasteiger partial charge in [0.2, 0.25) is 0 Å². The van der Waals surface area contributed by atoms with Crippen LogP contribution < -0.4 is 0 Å². The number of aromatic nitrogens is 4. The number of hydrogen-bond donors (Lipinski definition) is 2. The summed E-state index contributed by atoms with van der Waals surface area (Å²) < 4.78 is 0. The van der Waals surface area contributed by atoms with E-state index in [4.69, 9.17) is 9.97 Å². The molecule has 5 atom stereocenters. The number of benzene rings is 10. The third-order valence-electron chi connectivity index (χ3n) is 28.3. The molecular formula is C105H55N5S6. The summed E-state index contributed by atoms with van der Waals surface area (Å²) in [5.74, 6) is 1.46. The zero-order chi connectivity index (χ0) is 74.4. The first kappa shape index (κ1) is 61.2. The van der Waals surface area contributed by atoms with Crippen LogP contribution in [0, 0.1) is 0 Å². The van der Waals surface area contributed by atoms with E-state index >= 15 is 0 Å². The van der Waals surface area contributed by atoms with Crippen LogP contribution in [-0.4, -0.2) is 38.4 Å². The second-order valence-corrected chi connectivity index (χ2v) is 40.0.